The number of aromatic nitrogens is 1. The Kier molecular flexibility index (Phi) is 4.10. The minimum atomic E-state index is -1.06. The highest BCUT2D eigenvalue weighted by Gasteiger charge is 2.09. The van der Waals surface area contributed by atoms with E-state index in [1.165, 1.54) is 23.6 Å². The molecule has 0 unspecified atom stereocenters. The second kappa shape index (κ2) is 6.36. The molecular weight excluding hydrogens is 310 g/mol. The number of fused-ring (bicyclic) bond motifs is 1. The van der Waals surface area contributed by atoms with E-state index in [9.17, 15) is 10.2 Å². The quantitative estimate of drug-likeness (QED) is 0.737. The predicted octanol–water partition coefficient (Wildman–Crippen LogP) is 4.02. The average molecular weight is 320 g/mol. The molecule has 6 heteroatoms. The van der Waals surface area contributed by atoms with Crippen molar-refractivity contribution < 1.29 is 9.90 Å². The van der Waals surface area contributed by atoms with Crippen LogP contribution in [0.2, 0.25) is 0 Å². The van der Waals surface area contributed by atoms with Crippen molar-refractivity contribution in [3.63, 3.8) is 0 Å². The van der Waals surface area contributed by atoms with Gasteiger partial charge in [0, 0.05) is 11.8 Å². The van der Waals surface area contributed by atoms with Crippen molar-refractivity contribution in [3.05, 3.63) is 64.5 Å². The molecule has 3 rings (SSSR count). The van der Waals surface area contributed by atoms with Crippen molar-refractivity contribution in [1.29, 1.82) is 0 Å². The van der Waals surface area contributed by atoms with E-state index in [-0.39, 0.29) is 5.56 Å². The largest absolute Gasteiger partial charge is 0.763 e. The summed E-state index contributed by atoms with van der Waals surface area (Å²) in [5.41, 5.74) is 1.50. The second-order valence-corrected chi connectivity index (χ2v) is 5.62. The number of rotatable bonds is 4. The third-order valence-corrected chi connectivity index (χ3v) is 4.18. The van der Waals surface area contributed by atoms with Gasteiger partial charge in [0.15, 0.2) is 0 Å². The molecule has 0 atom stereocenters. The van der Waals surface area contributed by atoms with Gasteiger partial charge in [0.05, 0.1) is 21.5 Å². The fourth-order valence-corrected chi connectivity index (χ4v) is 2.95. The maximum absolute atomic E-state index is 11.2. The summed E-state index contributed by atoms with van der Waals surface area (Å²) in [7, 11) is 0. The van der Waals surface area contributed by atoms with Crippen LogP contribution in [0, 0.1) is 0 Å². The highest BCUT2D eigenvalue weighted by atomic mass is 32.1. The number of hydrogen-bond acceptors (Lipinski definition) is 4. The van der Waals surface area contributed by atoms with Crippen LogP contribution < -0.4 is 0 Å². The van der Waals surface area contributed by atoms with Crippen LogP contribution in [-0.4, -0.2) is 28.1 Å². The topological polar surface area (TPSA) is 84.8 Å². The van der Waals surface area contributed by atoms with Gasteiger partial charge in [0.1, 0.15) is 5.01 Å². The second-order valence-electron chi connectivity index (χ2n) is 4.59. The van der Waals surface area contributed by atoms with Gasteiger partial charge in [-0.05, 0) is 24.3 Å². The van der Waals surface area contributed by atoms with Gasteiger partial charge in [0.2, 0.25) is 0 Å². The zero-order valence-corrected chi connectivity index (χ0v) is 12.6. The van der Waals surface area contributed by atoms with E-state index in [0.29, 0.717) is 16.3 Å². The number of carbonyl (C=O) groups is 1. The predicted molar refractivity (Wildman–Crippen MR) is 92.9 cm³/mol. The molecule has 0 radical (unpaired) electrons. The smallest absolute Gasteiger partial charge is 0.337 e. The van der Waals surface area contributed by atoms with Crippen LogP contribution in [0.25, 0.3) is 21.2 Å². The number of aromatic carboxylic acids is 1. The van der Waals surface area contributed by atoms with E-state index in [2.05, 4.69) is 15.8 Å². The van der Waals surface area contributed by atoms with E-state index >= 15 is 0 Å². The average Bonchev–Trinajstić information content (AvgIpc) is 2.99. The summed E-state index contributed by atoms with van der Waals surface area (Å²) in [5, 5.41) is 19.0. The lowest BCUT2D eigenvalue weighted by atomic mass is 10.2. The zero-order valence-electron chi connectivity index (χ0n) is 11.8. The van der Waals surface area contributed by atoms with Gasteiger partial charge >= 0.3 is 5.97 Å². The molecule has 3 aromatic rings. The fourth-order valence-electron chi connectivity index (χ4n) is 2.02. The Labute approximate surface area is 135 Å². The van der Waals surface area contributed by atoms with Crippen LogP contribution in [0.15, 0.2) is 53.5 Å². The van der Waals surface area contributed by atoms with Gasteiger partial charge in [0.25, 0.3) is 0 Å². The zero-order chi connectivity index (χ0) is 16.2. The van der Waals surface area contributed by atoms with E-state index in [4.69, 9.17) is 5.11 Å². The molecule has 0 saturated heterocycles. The summed E-state index contributed by atoms with van der Waals surface area (Å²) in [5.74, 6) is 1.01. The first kappa shape index (κ1) is 14.8. The summed E-state index contributed by atoms with van der Waals surface area (Å²) < 4.78 is 0.981. The van der Waals surface area contributed by atoms with E-state index < -0.39 is 5.97 Å². The molecule has 23 heavy (non-hydrogen) atoms. The standard InChI is InChI=1S/C17H10N3O2S/c18-9-11(16-20-14-7-3-4-8-15(14)23-16)10-19-13-6-2-1-5-12(13)17(21)22/h1-8,10H,(H,21,22)/q-1. The number of thiazole rings is 1. The van der Waals surface area contributed by atoms with E-state index in [1.54, 1.807) is 18.2 Å². The molecular formula is C17H10N3O2S-. The highest BCUT2D eigenvalue weighted by molar-refractivity contribution is 7.19. The number of carboxylic acid groups (broad SMARTS) is 1. The third kappa shape index (κ3) is 3.08. The van der Waals surface area contributed by atoms with Crippen LogP contribution in [0.3, 0.4) is 0 Å². The van der Waals surface area contributed by atoms with Crippen LogP contribution in [-0.2, 0) is 0 Å². The van der Waals surface area contributed by atoms with Crippen molar-refractivity contribution in [1.82, 2.24) is 4.98 Å². The van der Waals surface area contributed by atoms with Crippen molar-refractivity contribution in [3.8, 4) is 0 Å². The van der Waals surface area contributed by atoms with Gasteiger partial charge in [-0.2, -0.15) is 0 Å². The summed E-state index contributed by atoms with van der Waals surface area (Å²) >= 11 is 1.40. The molecule has 1 heterocycles. The third-order valence-electron chi connectivity index (χ3n) is 3.11. The summed E-state index contributed by atoms with van der Waals surface area (Å²) in [6.45, 7) is 0. The number of para-hydroxylation sites is 2. The molecule has 112 valence electrons. The Morgan fingerprint density at radius 1 is 1.22 bits per heavy atom. The number of aliphatic imine (C=N–C) groups is 1. The number of allylic oxidation sites excluding steroid dienone is 1. The van der Waals surface area contributed by atoms with Gasteiger partial charge in [-0.1, -0.05) is 24.3 Å². The Morgan fingerprint density at radius 3 is 2.70 bits per heavy atom. The van der Waals surface area contributed by atoms with Crippen molar-refractivity contribution in [2.75, 3.05) is 0 Å². The molecule has 1 N–H and O–H groups in total. The Bertz CT molecular complexity index is 936. The van der Waals surface area contributed by atoms with Crippen molar-refractivity contribution >= 4 is 50.9 Å². The fraction of sp³-hybridized carbons (Fsp3) is 0. The number of carboxylic acids is 1. The molecule has 1 aromatic heterocycles. The van der Waals surface area contributed by atoms with E-state index in [1.807, 2.05) is 24.3 Å². The summed E-state index contributed by atoms with van der Waals surface area (Å²) in [6, 6.07) is 14.0. The number of hydrogen-bond donors (Lipinski definition) is 1. The highest BCUT2D eigenvalue weighted by Crippen LogP contribution is 2.26. The minimum absolute atomic E-state index is 0.0883. The maximum Gasteiger partial charge on any atom is 0.337 e. The molecule has 0 fully saturated rings. The maximum atomic E-state index is 11.2. The lowest BCUT2D eigenvalue weighted by molar-refractivity contribution is 0.0698. The van der Waals surface area contributed by atoms with Crippen LogP contribution in [0.4, 0.5) is 5.69 Å². The normalized spacial score (nSPS) is 10.8. The van der Waals surface area contributed by atoms with Gasteiger partial charge in [-0.3, -0.25) is 10.9 Å². The molecule has 5 nitrogen and oxygen atoms in total. The minimum Gasteiger partial charge on any atom is -0.763 e. The summed E-state index contributed by atoms with van der Waals surface area (Å²) in [4.78, 5) is 19.7. The first-order chi connectivity index (χ1) is 11.2. The van der Waals surface area contributed by atoms with Crippen molar-refractivity contribution in [2.45, 2.75) is 0 Å². The Balaban J connectivity index is 1.97. The van der Waals surface area contributed by atoms with Gasteiger partial charge in [-0.15, -0.1) is 11.3 Å². The van der Waals surface area contributed by atoms with Crippen LogP contribution in [0.5, 0.6) is 0 Å². The van der Waals surface area contributed by atoms with Crippen LogP contribution >= 0.6 is 11.3 Å². The van der Waals surface area contributed by atoms with E-state index in [0.717, 1.165) is 10.2 Å². The lowest BCUT2D eigenvalue weighted by Gasteiger charge is -2.00. The molecule has 0 aliphatic rings. The molecule has 2 aromatic carbocycles. The number of benzene rings is 2. The molecule has 0 aliphatic carbocycles. The lowest BCUT2D eigenvalue weighted by Crippen LogP contribution is -1.96. The Hall–Kier alpha value is -3.08. The first-order valence-electron chi connectivity index (χ1n) is 6.68. The first-order valence-corrected chi connectivity index (χ1v) is 7.50. The van der Waals surface area contributed by atoms with Crippen molar-refractivity contribution in [2.24, 2.45) is 4.99 Å². The Morgan fingerprint density at radius 2 is 1.96 bits per heavy atom. The molecule has 0 aliphatic heterocycles. The van der Waals surface area contributed by atoms with Gasteiger partial charge < -0.3 is 10.5 Å². The van der Waals surface area contributed by atoms with Gasteiger partial charge in [-0.25, -0.2) is 9.78 Å². The molecule has 0 spiro atoms. The molecule has 0 amide bonds. The molecule has 0 saturated carbocycles. The molecule has 0 bridgehead atoms. The SMILES string of the molecule is [N-]=C=C(C=Nc1ccccc1C(=O)O)c1nc2ccccc2s1. The number of nitrogens with zero attached hydrogens (tertiary/aromatic N) is 3. The summed E-state index contributed by atoms with van der Waals surface area (Å²) in [6.07, 6.45) is 1.36. The monoisotopic (exact) mass is 320 g/mol. The van der Waals surface area contributed by atoms with Crippen LogP contribution in [0.1, 0.15) is 15.4 Å².